The minimum Gasteiger partial charge on any atom is -0.244 e. The number of aromatic nitrogens is 1. The van der Waals surface area contributed by atoms with Crippen molar-refractivity contribution in [3.05, 3.63) is 35.1 Å². The van der Waals surface area contributed by atoms with E-state index in [0.717, 1.165) is 11.1 Å². The first-order valence-corrected chi connectivity index (χ1v) is 3.37. The van der Waals surface area contributed by atoms with Gasteiger partial charge in [0.1, 0.15) is 5.15 Å². The molecule has 0 amide bonds. The fourth-order valence-corrected chi connectivity index (χ4v) is 1.06. The molecule has 0 aliphatic heterocycles. The van der Waals surface area contributed by atoms with E-state index >= 15 is 0 Å². The van der Waals surface area contributed by atoms with Crippen LogP contribution in [0.5, 0.6) is 0 Å². The monoisotopic (exact) mass is 153 g/mol. The van der Waals surface area contributed by atoms with Crippen LogP contribution in [0.3, 0.4) is 0 Å². The maximum atomic E-state index is 5.75. The smallest absolute Gasteiger partial charge is 0.136 e. The molecule has 0 aromatic carbocycles. The highest BCUT2D eigenvalue weighted by atomic mass is 35.5. The van der Waals surface area contributed by atoms with E-state index in [1.165, 1.54) is 0 Å². The lowest BCUT2D eigenvalue weighted by molar-refractivity contribution is 1.27. The third-order valence-corrected chi connectivity index (χ3v) is 1.66. The van der Waals surface area contributed by atoms with E-state index in [-0.39, 0.29) is 0 Å². The summed E-state index contributed by atoms with van der Waals surface area (Å²) in [5.41, 5.74) is 2.03. The third-order valence-electron chi connectivity index (χ3n) is 1.36. The lowest BCUT2D eigenvalue weighted by atomic mass is 10.2. The Kier molecular flexibility index (Phi) is 2.07. The molecule has 0 spiro atoms. The quantitative estimate of drug-likeness (QED) is 0.566. The summed E-state index contributed by atoms with van der Waals surface area (Å²) in [5, 5.41) is 0.523. The largest absolute Gasteiger partial charge is 0.244 e. The number of aryl methyl sites for hydroxylation is 1. The van der Waals surface area contributed by atoms with Crippen LogP contribution in [-0.4, -0.2) is 4.98 Å². The molecule has 10 heavy (non-hydrogen) atoms. The van der Waals surface area contributed by atoms with Gasteiger partial charge in [-0.3, -0.25) is 0 Å². The molecule has 1 nitrogen and oxygen atoms in total. The minimum absolute atomic E-state index is 0.523. The minimum atomic E-state index is 0.523. The second-order valence-electron chi connectivity index (χ2n) is 2.04. The molecule has 0 fully saturated rings. The molecule has 0 N–H and O–H groups in total. The highest BCUT2D eigenvalue weighted by Crippen LogP contribution is 2.16. The van der Waals surface area contributed by atoms with Crippen LogP contribution in [0.25, 0.3) is 6.08 Å². The number of hydrogen-bond donors (Lipinski definition) is 0. The van der Waals surface area contributed by atoms with Gasteiger partial charge in [0, 0.05) is 11.8 Å². The number of nitrogens with zero attached hydrogens (tertiary/aromatic N) is 1. The van der Waals surface area contributed by atoms with Gasteiger partial charge in [0.2, 0.25) is 0 Å². The van der Waals surface area contributed by atoms with Crippen LogP contribution in [0.1, 0.15) is 11.1 Å². The van der Waals surface area contributed by atoms with Crippen molar-refractivity contribution in [2.75, 3.05) is 0 Å². The van der Waals surface area contributed by atoms with Crippen molar-refractivity contribution in [3.63, 3.8) is 0 Å². The van der Waals surface area contributed by atoms with Crippen LogP contribution in [0.15, 0.2) is 18.8 Å². The van der Waals surface area contributed by atoms with E-state index in [2.05, 4.69) is 11.6 Å². The normalized spacial score (nSPS) is 9.40. The van der Waals surface area contributed by atoms with E-state index in [9.17, 15) is 0 Å². The first-order valence-electron chi connectivity index (χ1n) is 2.99. The van der Waals surface area contributed by atoms with Gasteiger partial charge in [-0.1, -0.05) is 24.3 Å². The standard InChI is InChI=1S/C8H8ClN/c1-3-7-6(2)4-5-10-8(7)9/h3-5H,1H2,2H3. The van der Waals surface area contributed by atoms with Crippen molar-refractivity contribution in [2.24, 2.45) is 0 Å². The zero-order valence-electron chi connectivity index (χ0n) is 5.76. The van der Waals surface area contributed by atoms with Gasteiger partial charge in [0.15, 0.2) is 0 Å². The Bertz CT molecular complexity index is 235. The van der Waals surface area contributed by atoms with E-state index < -0.39 is 0 Å². The molecule has 0 aliphatic rings. The number of rotatable bonds is 1. The van der Waals surface area contributed by atoms with Crippen molar-refractivity contribution in [2.45, 2.75) is 6.92 Å². The van der Waals surface area contributed by atoms with Crippen molar-refractivity contribution < 1.29 is 0 Å². The zero-order valence-corrected chi connectivity index (χ0v) is 6.52. The highest BCUT2D eigenvalue weighted by Gasteiger charge is 1.98. The Morgan fingerprint density at radius 2 is 2.40 bits per heavy atom. The molecule has 2 heteroatoms. The first kappa shape index (κ1) is 7.29. The molecule has 1 heterocycles. The van der Waals surface area contributed by atoms with Gasteiger partial charge in [-0.25, -0.2) is 4.98 Å². The molecular weight excluding hydrogens is 146 g/mol. The SMILES string of the molecule is C=Cc1c(C)ccnc1Cl. The molecule has 0 bridgehead atoms. The zero-order chi connectivity index (χ0) is 7.56. The Morgan fingerprint density at radius 1 is 1.70 bits per heavy atom. The van der Waals surface area contributed by atoms with Gasteiger partial charge in [-0.15, -0.1) is 0 Å². The fourth-order valence-electron chi connectivity index (χ4n) is 0.782. The van der Waals surface area contributed by atoms with Gasteiger partial charge in [-0.2, -0.15) is 0 Å². The summed E-state index contributed by atoms with van der Waals surface area (Å²) in [6.45, 7) is 5.60. The van der Waals surface area contributed by atoms with Gasteiger partial charge < -0.3 is 0 Å². The molecule has 0 atom stereocenters. The molecule has 0 saturated carbocycles. The molecule has 52 valence electrons. The summed E-state index contributed by atoms with van der Waals surface area (Å²) < 4.78 is 0. The Balaban J connectivity index is 3.30. The molecule has 0 aliphatic carbocycles. The van der Waals surface area contributed by atoms with E-state index in [0.29, 0.717) is 5.15 Å². The Morgan fingerprint density at radius 3 is 2.80 bits per heavy atom. The van der Waals surface area contributed by atoms with Gasteiger partial charge in [0.25, 0.3) is 0 Å². The molecule has 0 unspecified atom stereocenters. The van der Waals surface area contributed by atoms with Crippen molar-refractivity contribution in [1.29, 1.82) is 0 Å². The highest BCUT2D eigenvalue weighted by molar-refractivity contribution is 6.30. The van der Waals surface area contributed by atoms with Crippen LogP contribution in [0.2, 0.25) is 5.15 Å². The summed E-state index contributed by atoms with van der Waals surface area (Å²) >= 11 is 5.75. The number of pyridine rings is 1. The Labute approximate surface area is 65.4 Å². The van der Waals surface area contributed by atoms with E-state index in [1.807, 2.05) is 13.0 Å². The summed E-state index contributed by atoms with van der Waals surface area (Å²) in [4.78, 5) is 3.90. The van der Waals surface area contributed by atoms with E-state index in [4.69, 9.17) is 11.6 Å². The van der Waals surface area contributed by atoms with Crippen molar-refractivity contribution in [1.82, 2.24) is 4.98 Å². The van der Waals surface area contributed by atoms with Crippen molar-refractivity contribution >= 4 is 17.7 Å². The molecule has 0 saturated heterocycles. The second kappa shape index (κ2) is 2.84. The average molecular weight is 154 g/mol. The fraction of sp³-hybridized carbons (Fsp3) is 0.125. The third kappa shape index (κ3) is 1.19. The lowest BCUT2D eigenvalue weighted by Gasteiger charge is -1.99. The summed E-state index contributed by atoms with van der Waals surface area (Å²) in [5.74, 6) is 0. The molecule has 1 aromatic rings. The molecule has 1 rings (SSSR count). The van der Waals surface area contributed by atoms with Gasteiger partial charge in [-0.05, 0) is 18.6 Å². The average Bonchev–Trinajstić information content (AvgIpc) is 1.88. The van der Waals surface area contributed by atoms with Crippen LogP contribution in [0, 0.1) is 6.92 Å². The summed E-state index contributed by atoms with van der Waals surface area (Å²) in [6.07, 6.45) is 3.40. The number of halogens is 1. The van der Waals surface area contributed by atoms with Crippen LogP contribution < -0.4 is 0 Å². The number of hydrogen-bond acceptors (Lipinski definition) is 1. The van der Waals surface area contributed by atoms with Gasteiger partial charge in [0.05, 0.1) is 0 Å². The molecular formula is C8H8ClN. The molecule has 1 aromatic heterocycles. The maximum absolute atomic E-state index is 5.75. The lowest BCUT2D eigenvalue weighted by Crippen LogP contribution is -1.83. The second-order valence-corrected chi connectivity index (χ2v) is 2.39. The summed E-state index contributed by atoms with van der Waals surface area (Å²) in [6, 6.07) is 1.91. The predicted octanol–water partition coefficient (Wildman–Crippen LogP) is 2.69. The van der Waals surface area contributed by atoms with Crippen LogP contribution in [-0.2, 0) is 0 Å². The Hall–Kier alpha value is -0.820. The van der Waals surface area contributed by atoms with Gasteiger partial charge >= 0.3 is 0 Å². The topological polar surface area (TPSA) is 12.9 Å². The predicted molar refractivity (Wildman–Crippen MR) is 44.1 cm³/mol. The maximum Gasteiger partial charge on any atom is 0.136 e. The van der Waals surface area contributed by atoms with Crippen LogP contribution in [0.4, 0.5) is 0 Å². The molecule has 0 radical (unpaired) electrons. The van der Waals surface area contributed by atoms with Crippen LogP contribution >= 0.6 is 11.6 Å². The van der Waals surface area contributed by atoms with Crippen molar-refractivity contribution in [3.8, 4) is 0 Å². The first-order chi connectivity index (χ1) is 4.75. The van der Waals surface area contributed by atoms with E-state index in [1.54, 1.807) is 12.3 Å². The summed E-state index contributed by atoms with van der Waals surface area (Å²) in [7, 11) is 0.